The first-order chi connectivity index (χ1) is 14.9. The molecule has 0 fully saturated rings. The van der Waals surface area contributed by atoms with E-state index in [1.807, 2.05) is 19.9 Å². The van der Waals surface area contributed by atoms with Crippen molar-refractivity contribution in [3.8, 4) is 6.07 Å². The predicted molar refractivity (Wildman–Crippen MR) is 113 cm³/mol. The number of nitrogens with zero attached hydrogens (tertiary/aromatic N) is 6. The zero-order chi connectivity index (χ0) is 22.0. The topological polar surface area (TPSA) is 109 Å². The largest absolute Gasteiger partial charge is 0.301 e. The molecule has 4 aromatic rings. The summed E-state index contributed by atoms with van der Waals surface area (Å²) in [6.45, 7) is 3.75. The van der Waals surface area contributed by atoms with Gasteiger partial charge in [-0.25, -0.2) is 13.9 Å². The molecule has 3 aromatic heterocycles. The van der Waals surface area contributed by atoms with E-state index in [1.54, 1.807) is 10.6 Å². The molecular formula is C21H18FN7OS. The molecule has 0 saturated heterocycles. The Bertz CT molecular complexity index is 1320. The molecule has 31 heavy (non-hydrogen) atoms. The number of fused-ring (bicyclic) bond motifs is 1. The fourth-order valence-corrected chi connectivity index (χ4v) is 4.16. The second kappa shape index (κ2) is 8.57. The summed E-state index contributed by atoms with van der Waals surface area (Å²) in [6.07, 6.45) is 2.65. The van der Waals surface area contributed by atoms with Gasteiger partial charge >= 0.3 is 0 Å². The average Bonchev–Trinajstić information content (AvgIpc) is 3.34. The van der Waals surface area contributed by atoms with E-state index in [0.29, 0.717) is 34.2 Å². The van der Waals surface area contributed by atoms with Crippen LogP contribution in [0.2, 0.25) is 0 Å². The van der Waals surface area contributed by atoms with E-state index in [4.69, 9.17) is 5.26 Å². The monoisotopic (exact) mass is 435 g/mol. The number of aryl methyl sites for hydroxylation is 2. The van der Waals surface area contributed by atoms with Crippen LogP contribution in [0.1, 0.15) is 39.5 Å². The maximum atomic E-state index is 13.3. The lowest BCUT2D eigenvalue weighted by atomic mass is 10.1. The summed E-state index contributed by atoms with van der Waals surface area (Å²) >= 11 is 1.26. The summed E-state index contributed by atoms with van der Waals surface area (Å²) in [4.78, 5) is 16.9. The number of hydrogen-bond donors (Lipinski definition) is 1. The van der Waals surface area contributed by atoms with Crippen molar-refractivity contribution in [1.29, 1.82) is 5.26 Å². The van der Waals surface area contributed by atoms with Gasteiger partial charge in [0.05, 0.1) is 6.20 Å². The summed E-state index contributed by atoms with van der Waals surface area (Å²) in [5, 5.41) is 25.3. The van der Waals surface area contributed by atoms with Gasteiger partial charge in [0, 0.05) is 24.2 Å². The summed E-state index contributed by atoms with van der Waals surface area (Å²) in [6, 6.07) is 8.39. The first-order valence-electron chi connectivity index (χ1n) is 9.55. The van der Waals surface area contributed by atoms with Crippen molar-refractivity contribution in [1.82, 2.24) is 24.8 Å². The van der Waals surface area contributed by atoms with Crippen LogP contribution in [0.5, 0.6) is 0 Å². The maximum absolute atomic E-state index is 13.3. The van der Waals surface area contributed by atoms with E-state index < -0.39 is 0 Å². The van der Waals surface area contributed by atoms with Gasteiger partial charge in [0.15, 0.2) is 5.65 Å². The van der Waals surface area contributed by atoms with Crippen molar-refractivity contribution in [2.24, 2.45) is 0 Å². The number of anilines is 1. The van der Waals surface area contributed by atoms with Gasteiger partial charge in [-0.15, -0.1) is 10.2 Å². The Morgan fingerprint density at radius 2 is 2.16 bits per heavy atom. The molecule has 0 aliphatic carbocycles. The van der Waals surface area contributed by atoms with Gasteiger partial charge in [-0.05, 0) is 43.5 Å². The molecule has 0 bridgehead atoms. The summed E-state index contributed by atoms with van der Waals surface area (Å²) in [5.74, 6) is -0.488. The van der Waals surface area contributed by atoms with Crippen LogP contribution in [0.4, 0.5) is 9.52 Å². The molecule has 3 heterocycles. The quantitative estimate of drug-likeness (QED) is 0.497. The maximum Gasteiger partial charge on any atom is 0.226 e. The van der Waals surface area contributed by atoms with Crippen molar-refractivity contribution in [2.75, 3.05) is 5.32 Å². The molecule has 4 rings (SSSR count). The number of hydrogen-bond acceptors (Lipinski definition) is 7. The minimum atomic E-state index is -0.298. The number of aromatic nitrogens is 5. The number of nitrogens with one attached hydrogen (secondary N) is 1. The molecule has 0 aliphatic heterocycles. The lowest BCUT2D eigenvalue weighted by molar-refractivity contribution is -0.116. The minimum absolute atomic E-state index is 0.189. The highest BCUT2D eigenvalue weighted by atomic mass is 32.1. The molecule has 0 radical (unpaired) electrons. The van der Waals surface area contributed by atoms with Crippen LogP contribution in [0, 0.1) is 31.0 Å². The third kappa shape index (κ3) is 4.41. The van der Waals surface area contributed by atoms with Crippen LogP contribution >= 0.6 is 11.3 Å². The number of benzene rings is 1. The Kier molecular flexibility index (Phi) is 5.68. The molecule has 1 aromatic carbocycles. The number of amides is 1. The first-order valence-corrected chi connectivity index (χ1v) is 10.4. The van der Waals surface area contributed by atoms with Gasteiger partial charge in [-0.1, -0.05) is 23.5 Å². The molecular weight excluding hydrogens is 417 g/mol. The van der Waals surface area contributed by atoms with Crippen LogP contribution in [0.3, 0.4) is 0 Å². The van der Waals surface area contributed by atoms with Crippen molar-refractivity contribution >= 4 is 28.0 Å². The summed E-state index contributed by atoms with van der Waals surface area (Å²) in [5.41, 5.74) is 4.26. The molecule has 0 saturated carbocycles. The Hall–Kier alpha value is -3.71. The standard InChI is InChI=1S/C21H18FN7OS/c1-12-17(13(2)29-20(25-12)15(10-23)11-24-29)6-7-18(30)26-21-28-27-19(31-21)9-14-4-3-5-16(22)8-14/h3-5,8,11H,6-7,9H2,1-2H3,(H,26,28,30). The van der Waals surface area contributed by atoms with Crippen LogP contribution < -0.4 is 5.32 Å². The van der Waals surface area contributed by atoms with E-state index in [2.05, 4.69) is 31.7 Å². The summed E-state index contributed by atoms with van der Waals surface area (Å²) < 4.78 is 14.9. The molecule has 156 valence electrons. The van der Waals surface area contributed by atoms with Crippen molar-refractivity contribution < 1.29 is 9.18 Å². The third-order valence-electron chi connectivity index (χ3n) is 4.89. The number of carbonyl (C=O) groups is 1. The van der Waals surface area contributed by atoms with Crippen LogP contribution in [-0.4, -0.2) is 30.7 Å². The zero-order valence-corrected chi connectivity index (χ0v) is 17.7. The van der Waals surface area contributed by atoms with Crippen molar-refractivity contribution in [3.05, 3.63) is 69.4 Å². The van der Waals surface area contributed by atoms with Crippen molar-refractivity contribution in [2.45, 2.75) is 33.1 Å². The Balaban J connectivity index is 1.40. The van der Waals surface area contributed by atoms with E-state index in [0.717, 1.165) is 22.5 Å². The Morgan fingerprint density at radius 3 is 2.94 bits per heavy atom. The molecule has 8 nitrogen and oxygen atoms in total. The smallest absolute Gasteiger partial charge is 0.226 e. The average molecular weight is 435 g/mol. The van der Waals surface area contributed by atoms with Gasteiger partial charge < -0.3 is 5.32 Å². The fourth-order valence-electron chi connectivity index (χ4n) is 3.37. The van der Waals surface area contributed by atoms with E-state index in [1.165, 1.54) is 29.7 Å². The van der Waals surface area contributed by atoms with Gasteiger partial charge in [0.2, 0.25) is 11.0 Å². The van der Waals surface area contributed by atoms with Gasteiger partial charge in [0.25, 0.3) is 0 Å². The van der Waals surface area contributed by atoms with Crippen LogP contribution in [0.25, 0.3) is 5.65 Å². The van der Waals surface area contributed by atoms with Crippen LogP contribution in [-0.2, 0) is 17.6 Å². The fraction of sp³-hybridized carbons (Fsp3) is 0.238. The molecule has 0 unspecified atom stereocenters. The van der Waals surface area contributed by atoms with E-state index >= 15 is 0 Å². The first kappa shape index (κ1) is 20.6. The van der Waals surface area contributed by atoms with Gasteiger partial charge in [0.1, 0.15) is 22.5 Å². The Labute approximate surface area is 181 Å². The highest BCUT2D eigenvalue weighted by Crippen LogP contribution is 2.21. The lowest BCUT2D eigenvalue weighted by Crippen LogP contribution is -2.14. The third-order valence-corrected chi connectivity index (χ3v) is 5.73. The van der Waals surface area contributed by atoms with E-state index in [-0.39, 0.29) is 18.1 Å². The lowest BCUT2D eigenvalue weighted by Gasteiger charge is -2.10. The van der Waals surface area contributed by atoms with Gasteiger partial charge in [-0.2, -0.15) is 10.4 Å². The van der Waals surface area contributed by atoms with E-state index in [9.17, 15) is 9.18 Å². The minimum Gasteiger partial charge on any atom is -0.301 e. The number of halogens is 1. The second-order valence-electron chi connectivity index (χ2n) is 7.02. The predicted octanol–water partition coefficient (Wildman–Crippen LogP) is 3.37. The van der Waals surface area contributed by atoms with Gasteiger partial charge in [-0.3, -0.25) is 4.79 Å². The second-order valence-corrected chi connectivity index (χ2v) is 8.08. The molecule has 0 spiro atoms. The molecule has 10 heteroatoms. The molecule has 0 atom stereocenters. The zero-order valence-electron chi connectivity index (χ0n) is 16.9. The highest BCUT2D eigenvalue weighted by Gasteiger charge is 2.15. The molecule has 0 aliphatic rings. The molecule has 1 amide bonds. The normalized spacial score (nSPS) is 10.9. The summed E-state index contributed by atoms with van der Waals surface area (Å²) in [7, 11) is 0. The number of nitriles is 1. The SMILES string of the molecule is Cc1nc2c(C#N)cnn2c(C)c1CCC(=O)Nc1nnc(Cc2cccc(F)c2)s1. The molecule has 1 N–H and O–H groups in total. The number of carbonyl (C=O) groups excluding carboxylic acids is 1. The number of rotatable bonds is 6. The highest BCUT2D eigenvalue weighted by molar-refractivity contribution is 7.15. The van der Waals surface area contributed by atoms with Crippen LogP contribution in [0.15, 0.2) is 30.5 Å². The van der Waals surface area contributed by atoms with Crippen molar-refractivity contribution in [3.63, 3.8) is 0 Å². The Morgan fingerprint density at radius 1 is 1.32 bits per heavy atom.